The van der Waals surface area contributed by atoms with Gasteiger partial charge in [0.1, 0.15) is 17.6 Å². The van der Waals surface area contributed by atoms with Crippen LogP contribution in [0.25, 0.3) is 11.1 Å². The molecule has 0 spiro atoms. The predicted octanol–water partition coefficient (Wildman–Crippen LogP) is 2.37. The van der Waals surface area contributed by atoms with Crippen LogP contribution in [0.15, 0.2) is 35.1 Å². The van der Waals surface area contributed by atoms with Crippen molar-refractivity contribution in [2.24, 2.45) is 0 Å². The lowest BCUT2D eigenvalue weighted by Crippen LogP contribution is -2.10. The first-order chi connectivity index (χ1) is 9.02. The molecule has 98 valence electrons. The maximum Gasteiger partial charge on any atom is 0.356 e. The first-order valence-electron chi connectivity index (χ1n) is 5.39. The van der Waals surface area contributed by atoms with Crippen LogP contribution in [-0.2, 0) is 4.29 Å². The third-order valence-corrected chi connectivity index (χ3v) is 2.77. The first-order valence-corrected chi connectivity index (χ1v) is 5.70. The molecule has 6 heteroatoms. The molecule has 0 aliphatic carbocycles. The second-order valence-corrected chi connectivity index (χ2v) is 4.14. The highest BCUT2D eigenvalue weighted by Crippen LogP contribution is 2.25. The van der Waals surface area contributed by atoms with Crippen LogP contribution in [-0.4, -0.2) is 16.1 Å². The van der Waals surface area contributed by atoms with E-state index in [2.05, 4.69) is 9.27 Å². The molecule has 2 rings (SSSR count). The van der Waals surface area contributed by atoms with Crippen LogP contribution in [0.1, 0.15) is 16.1 Å². The molecule has 2 aromatic rings. The Kier molecular flexibility index (Phi) is 3.57. The van der Waals surface area contributed by atoms with Crippen molar-refractivity contribution in [3.05, 3.63) is 51.9 Å². The molecule has 1 aromatic carbocycles. The van der Waals surface area contributed by atoms with Gasteiger partial charge in [0.25, 0.3) is 5.56 Å². The van der Waals surface area contributed by atoms with E-state index in [1.807, 2.05) is 0 Å². The average molecular weight is 280 g/mol. The highest BCUT2D eigenvalue weighted by atomic mass is 35.5. The summed E-state index contributed by atoms with van der Waals surface area (Å²) in [4.78, 5) is 25.6. The molecule has 0 atom stereocenters. The second-order valence-electron chi connectivity index (χ2n) is 3.98. The Bertz CT molecular complexity index is 676. The van der Waals surface area contributed by atoms with Crippen LogP contribution in [0.4, 0.5) is 0 Å². The number of carbonyl (C=O) groups is 1. The van der Waals surface area contributed by atoms with E-state index in [-0.39, 0.29) is 16.9 Å². The molecule has 1 heterocycles. The zero-order valence-corrected chi connectivity index (χ0v) is 10.7. The van der Waals surface area contributed by atoms with E-state index >= 15 is 0 Å². The smallest absolute Gasteiger partial charge is 0.356 e. The fraction of sp³-hybridized carbons (Fsp3) is 0.0769. The van der Waals surface area contributed by atoms with Gasteiger partial charge in [0.2, 0.25) is 0 Å². The number of nitrogens with one attached hydrogen (secondary N) is 1. The molecular formula is C13H10ClNO4. The van der Waals surface area contributed by atoms with Crippen molar-refractivity contribution in [3.63, 3.8) is 0 Å². The van der Waals surface area contributed by atoms with Crippen LogP contribution < -0.4 is 5.56 Å². The Morgan fingerprint density at radius 2 is 1.95 bits per heavy atom. The molecule has 0 unspecified atom stereocenters. The number of aromatic amines is 1. The van der Waals surface area contributed by atoms with E-state index in [0.29, 0.717) is 11.3 Å². The highest BCUT2D eigenvalue weighted by Gasteiger charge is 2.12. The number of carbonyl (C=O) groups excluding carboxylic acids is 1. The standard InChI is InChI=1S/C13H10ClNO4/c1-7-6-10(16)11(12(17)15-7)8-2-4-9(5-3-8)13(18)19-14/h2-6H,1H3,(H2,15,16,17). The molecule has 1 aromatic heterocycles. The molecule has 0 bridgehead atoms. The van der Waals surface area contributed by atoms with Crippen molar-refractivity contribution in [2.75, 3.05) is 0 Å². The van der Waals surface area contributed by atoms with Crippen molar-refractivity contribution in [2.45, 2.75) is 6.92 Å². The van der Waals surface area contributed by atoms with Gasteiger partial charge < -0.3 is 14.4 Å². The van der Waals surface area contributed by atoms with Crippen molar-refractivity contribution < 1.29 is 14.2 Å². The summed E-state index contributed by atoms with van der Waals surface area (Å²) >= 11 is 4.97. The maximum absolute atomic E-state index is 11.8. The van der Waals surface area contributed by atoms with E-state index in [9.17, 15) is 14.7 Å². The Morgan fingerprint density at radius 1 is 1.32 bits per heavy atom. The van der Waals surface area contributed by atoms with Crippen LogP contribution in [0, 0.1) is 6.92 Å². The summed E-state index contributed by atoms with van der Waals surface area (Å²) in [6.07, 6.45) is 0. The Morgan fingerprint density at radius 3 is 2.47 bits per heavy atom. The lowest BCUT2D eigenvalue weighted by Gasteiger charge is -2.05. The van der Waals surface area contributed by atoms with Crippen LogP contribution >= 0.6 is 11.9 Å². The number of rotatable bonds is 2. The molecule has 0 saturated carbocycles. The lowest BCUT2D eigenvalue weighted by atomic mass is 10.0. The number of aromatic nitrogens is 1. The topological polar surface area (TPSA) is 79.4 Å². The number of pyridine rings is 1. The Labute approximate surface area is 113 Å². The van der Waals surface area contributed by atoms with Gasteiger partial charge in [-0.1, -0.05) is 12.1 Å². The summed E-state index contributed by atoms with van der Waals surface area (Å²) in [6, 6.07) is 7.43. The fourth-order valence-electron chi connectivity index (χ4n) is 1.77. The summed E-state index contributed by atoms with van der Waals surface area (Å²) in [5.74, 6) is -0.802. The number of aryl methyl sites for hydroxylation is 1. The number of benzene rings is 1. The van der Waals surface area contributed by atoms with Gasteiger partial charge in [-0.05, 0) is 30.7 Å². The van der Waals surface area contributed by atoms with Gasteiger partial charge in [0.15, 0.2) is 0 Å². The third-order valence-electron chi connectivity index (χ3n) is 2.63. The van der Waals surface area contributed by atoms with Gasteiger partial charge in [-0.25, -0.2) is 4.79 Å². The summed E-state index contributed by atoms with van der Waals surface area (Å²) in [6.45, 7) is 1.67. The summed E-state index contributed by atoms with van der Waals surface area (Å²) in [5.41, 5.74) is 1.06. The van der Waals surface area contributed by atoms with E-state index in [1.54, 1.807) is 6.92 Å². The van der Waals surface area contributed by atoms with Gasteiger partial charge in [-0.2, -0.15) is 0 Å². The lowest BCUT2D eigenvalue weighted by molar-refractivity contribution is 0.0751. The Hall–Kier alpha value is -2.27. The molecule has 5 nitrogen and oxygen atoms in total. The average Bonchev–Trinajstić information content (AvgIpc) is 2.37. The van der Waals surface area contributed by atoms with Gasteiger partial charge in [0, 0.05) is 5.69 Å². The van der Waals surface area contributed by atoms with Crippen LogP contribution in [0.5, 0.6) is 5.75 Å². The van der Waals surface area contributed by atoms with E-state index in [1.165, 1.54) is 30.3 Å². The van der Waals surface area contributed by atoms with Crippen molar-refractivity contribution >= 4 is 17.8 Å². The molecule has 2 N–H and O–H groups in total. The third kappa shape index (κ3) is 2.61. The molecule has 0 aliphatic rings. The minimum Gasteiger partial charge on any atom is -0.507 e. The molecule has 0 amide bonds. The molecule has 19 heavy (non-hydrogen) atoms. The van der Waals surface area contributed by atoms with Gasteiger partial charge in [-0.15, -0.1) is 0 Å². The monoisotopic (exact) mass is 279 g/mol. The zero-order chi connectivity index (χ0) is 14.0. The fourth-order valence-corrected chi connectivity index (χ4v) is 1.86. The Balaban J connectivity index is 2.49. The van der Waals surface area contributed by atoms with Crippen molar-refractivity contribution in [3.8, 4) is 16.9 Å². The van der Waals surface area contributed by atoms with Crippen LogP contribution in [0.2, 0.25) is 0 Å². The van der Waals surface area contributed by atoms with Gasteiger partial charge in [-0.3, -0.25) is 4.79 Å². The molecule has 0 radical (unpaired) electrons. The van der Waals surface area contributed by atoms with E-state index < -0.39 is 11.5 Å². The molecule has 0 saturated heterocycles. The van der Waals surface area contributed by atoms with Crippen molar-refractivity contribution in [1.29, 1.82) is 0 Å². The summed E-state index contributed by atoms with van der Waals surface area (Å²) in [5, 5.41) is 9.82. The largest absolute Gasteiger partial charge is 0.507 e. The minimum absolute atomic E-state index is 0.117. The second kappa shape index (κ2) is 5.16. The van der Waals surface area contributed by atoms with Crippen LogP contribution in [0.3, 0.4) is 0 Å². The summed E-state index contributed by atoms with van der Waals surface area (Å²) < 4.78 is 4.06. The number of hydrogen-bond acceptors (Lipinski definition) is 4. The normalized spacial score (nSPS) is 10.2. The number of H-pyrrole nitrogens is 1. The maximum atomic E-state index is 11.8. The molecule has 0 fully saturated rings. The highest BCUT2D eigenvalue weighted by molar-refractivity contribution is 6.15. The quantitative estimate of drug-likeness (QED) is 0.884. The predicted molar refractivity (Wildman–Crippen MR) is 70.2 cm³/mol. The number of halogens is 1. The number of aromatic hydroxyl groups is 1. The summed E-state index contributed by atoms with van der Waals surface area (Å²) in [7, 11) is 0. The zero-order valence-electron chi connectivity index (χ0n) is 9.94. The van der Waals surface area contributed by atoms with E-state index in [4.69, 9.17) is 11.9 Å². The molecule has 0 aliphatic heterocycles. The van der Waals surface area contributed by atoms with Gasteiger partial charge >= 0.3 is 5.97 Å². The van der Waals surface area contributed by atoms with Gasteiger partial charge in [0.05, 0.1) is 11.1 Å². The first kappa shape index (κ1) is 13.2. The van der Waals surface area contributed by atoms with E-state index in [0.717, 1.165) is 0 Å². The minimum atomic E-state index is -0.685. The molecular weight excluding hydrogens is 270 g/mol. The number of hydrogen-bond donors (Lipinski definition) is 2. The van der Waals surface area contributed by atoms with Crippen molar-refractivity contribution in [1.82, 2.24) is 4.98 Å². The SMILES string of the molecule is Cc1cc(O)c(-c2ccc(C(=O)OCl)cc2)c(=O)[nH]1.